The lowest BCUT2D eigenvalue weighted by Gasteiger charge is -2.07. The van der Waals surface area contributed by atoms with Gasteiger partial charge in [0.15, 0.2) is 0 Å². The number of fused-ring (bicyclic) bond motifs is 10. The summed E-state index contributed by atoms with van der Waals surface area (Å²) in [7, 11) is 0. The fourth-order valence-corrected chi connectivity index (χ4v) is 7.34. The van der Waals surface area contributed by atoms with Crippen LogP contribution in [0.15, 0.2) is 146 Å². The maximum absolute atomic E-state index is 5.43. The Hall–Kier alpha value is -6.72. The molecule has 8 bridgehead atoms. The van der Waals surface area contributed by atoms with Crippen molar-refractivity contribution in [3.05, 3.63) is 157 Å². The molecule has 5 heteroatoms. The highest BCUT2D eigenvalue weighted by molar-refractivity contribution is 6.13. The molecule has 0 saturated carbocycles. The largest absolute Gasteiger partial charge is 0.354 e. The van der Waals surface area contributed by atoms with Crippen molar-refractivity contribution in [1.29, 1.82) is 0 Å². The third-order valence-corrected chi connectivity index (χ3v) is 9.52. The summed E-state index contributed by atoms with van der Waals surface area (Å²) < 4.78 is 0. The van der Waals surface area contributed by atoms with Crippen LogP contribution in [0.1, 0.15) is 11.4 Å². The molecule has 10 rings (SSSR count). The zero-order chi connectivity index (χ0) is 32.3. The average molecular weight is 628 g/mol. The molecule has 3 aliphatic rings. The predicted molar refractivity (Wildman–Crippen MR) is 203 cm³/mol. The SMILES string of the molecule is C1=Cc2nc1c(-c1ccccc1)c1ccc([nH]1)c(-c1ccccc1)c1cc3[nH]c4ccccc4c(c-3n1)c1ccc([nH]1)c2-c1ccccc1. The van der Waals surface area contributed by atoms with Gasteiger partial charge in [0.05, 0.1) is 28.3 Å². The lowest BCUT2D eigenvalue weighted by molar-refractivity contribution is 1.32. The number of rotatable bonds is 3. The van der Waals surface area contributed by atoms with Crippen LogP contribution in [0.2, 0.25) is 0 Å². The molecule has 3 aliphatic heterocycles. The third-order valence-electron chi connectivity index (χ3n) is 9.52. The summed E-state index contributed by atoms with van der Waals surface area (Å²) in [6, 6.07) is 50.9. The van der Waals surface area contributed by atoms with E-state index in [-0.39, 0.29) is 0 Å². The van der Waals surface area contributed by atoms with Crippen molar-refractivity contribution in [1.82, 2.24) is 24.9 Å². The Bertz CT molecular complexity index is 2800. The Balaban J connectivity index is 1.46. The molecule has 0 amide bonds. The average Bonchev–Trinajstić information content (AvgIpc) is 3.98. The van der Waals surface area contributed by atoms with E-state index < -0.39 is 0 Å². The van der Waals surface area contributed by atoms with Gasteiger partial charge >= 0.3 is 0 Å². The van der Waals surface area contributed by atoms with Crippen molar-refractivity contribution < 1.29 is 0 Å². The van der Waals surface area contributed by atoms with Crippen LogP contribution < -0.4 is 0 Å². The molecule has 4 aromatic carbocycles. The highest BCUT2D eigenvalue weighted by Gasteiger charge is 2.20. The Morgan fingerprint density at radius 1 is 0.388 bits per heavy atom. The zero-order valence-electron chi connectivity index (χ0n) is 26.4. The summed E-state index contributed by atoms with van der Waals surface area (Å²) in [6.07, 6.45) is 4.28. The van der Waals surface area contributed by atoms with Crippen molar-refractivity contribution in [2.24, 2.45) is 0 Å². The van der Waals surface area contributed by atoms with Crippen LogP contribution in [0.25, 0.3) is 101 Å². The smallest absolute Gasteiger partial charge is 0.0972 e. The molecule has 230 valence electrons. The number of aromatic nitrogens is 5. The second-order valence-corrected chi connectivity index (χ2v) is 12.5. The second-order valence-electron chi connectivity index (χ2n) is 12.5. The molecule has 0 radical (unpaired) electrons. The summed E-state index contributed by atoms with van der Waals surface area (Å²) in [5.41, 5.74) is 16.0. The molecule has 5 nitrogen and oxygen atoms in total. The van der Waals surface area contributed by atoms with E-state index in [1.54, 1.807) is 0 Å². The van der Waals surface area contributed by atoms with Gasteiger partial charge in [-0.2, -0.15) is 0 Å². The fourth-order valence-electron chi connectivity index (χ4n) is 7.34. The van der Waals surface area contributed by atoms with Gasteiger partial charge in [-0.25, -0.2) is 9.97 Å². The molecule has 7 aromatic rings. The van der Waals surface area contributed by atoms with Crippen LogP contribution in [-0.2, 0) is 0 Å². The minimum absolute atomic E-state index is 0.896. The maximum Gasteiger partial charge on any atom is 0.0972 e. The summed E-state index contributed by atoms with van der Waals surface area (Å²) >= 11 is 0. The van der Waals surface area contributed by atoms with Crippen molar-refractivity contribution in [2.75, 3.05) is 0 Å². The third kappa shape index (κ3) is 4.48. The maximum atomic E-state index is 5.43. The van der Waals surface area contributed by atoms with Gasteiger partial charge in [0.1, 0.15) is 0 Å². The molecule has 49 heavy (non-hydrogen) atoms. The normalized spacial score (nSPS) is 12.0. The molecule has 0 aliphatic carbocycles. The number of hydrogen-bond donors (Lipinski definition) is 3. The van der Waals surface area contributed by atoms with Crippen molar-refractivity contribution >= 4 is 56.0 Å². The van der Waals surface area contributed by atoms with E-state index in [4.69, 9.17) is 9.97 Å². The van der Waals surface area contributed by atoms with Gasteiger partial charge in [-0.3, -0.25) is 0 Å². The van der Waals surface area contributed by atoms with Gasteiger partial charge in [0.2, 0.25) is 0 Å². The number of nitrogens with one attached hydrogen (secondary N) is 3. The Morgan fingerprint density at radius 2 is 0.878 bits per heavy atom. The van der Waals surface area contributed by atoms with Crippen molar-refractivity contribution in [2.45, 2.75) is 0 Å². The van der Waals surface area contributed by atoms with Gasteiger partial charge < -0.3 is 15.0 Å². The standard InChI is InChI=1S/C44H29N5/c1-4-12-27(13-5-1)40-32-20-21-33(46-32)41(28-14-6-2-7-15-28)35-24-25-37(48-35)43-30-18-10-11-19-31(30)45-39-26-38(49-44(39)43)42(29-16-8-3-9-17-29)36-23-22-34(40)47-36/h1-26,45,47-48H. The molecule has 3 aromatic heterocycles. The minimum Gasteiger partial charge on any atom is -0.354 e. The molecule has 0 spiro atoms. The first-order valence-electron chi connectivity index (χ1n) is 16.5. The fraction of sp³-hybridized carbons (Fsp3) is 0. The van der Waals surface area contributed by atoms with E-state index in [0.717, 1.165) is 100 Å². The predicted octanol–water partition coefficient (Wildman–Crippen LogP) is 11.3. The highest BCUT2D eigenvalue weighted by Crippen LogP contribution is 2.40. The first-order valence-corrected chi connectivity index (χ1v) is 16.5. The van der Waals surface area contributed by atoms with E-state index in [1.807, 2.05) is 0 Å². The van der Waals surface area contributed by atoms with Gasteiger partial charge in [0.25, 0.3) is 0 Å². The van der Waals surface area contributed by atoms with Gasteiger partial charge in [-0.05, 0) is 65.2 Å². The molecule has 6 heterocycles. The van der Waals surface area contributed by atoms with Gasteiger partial charge in [-0.15, -0.1) is 0 Å². The monoisotopic (exact) mass is 627 g/mol. The second kappa shape index (κ2) is 10.9. The quantitative estimate of drug-likeness (QED) is 0.182. The molecular formula is C44H29N5. The van der Waals surface area contributed by atoms with Crippen LogP contribution in [0.3, 0.4) is 0 Å². The topological polar surface area (TPSA) is 73.2 Å². The van der Waals surface area contributed by atoms with Gasteiger partial charge in [-0.1, -0.05) is 109 Å². The molecule has 0 saturated heterocycles. The van der Waals surface area contributed by atoms with Crippen LogP contribution in [0, 0.1) is 0 Å². The first-order chi connectivity index (χ1) is 24.3. The van der Waals surface area contributed by atoms with E-state index in [0.29, 0.717) is 0 Å². The van der Waals surface area contributed by atoms with Crippen molar-refractivity contribution in [3.8, 4) is 44.8 Å². The minimum atomic E-state index is 0.896. The van der Waals surface area contributed by atoms with E-state index in [2.05, 4.69) is 173 Å². The van der Waals surface area contributed by atoms with E-state index >= 15 is 0 Å². The number of pyridine rings is 1. The van der Waals surface area contributed by atoms with Crippen LogP contribution in [0.4, 0.5) is 0 Å². The number of aromatic amines is 3. The zero-order valence-corrected chi connectivity index (χ0v) is 26.4. The molecule has 0 unspecified atom stereocenters. The molecule has 3 N–H and O–H groups in total. The van der Waals surface area contributed by atoms with E-state index in [9.17, 15) is 0 Å². The Labute approximate surface area is 282 Å². The number of nitrogens with zero attached hydrogens (tertiary/aromatic N) is 2. The van der Waals surface area contributed by atoms with Crippen LogP contribution in [-0.4, -0.2) is 24.9 Å². The highest BCUT2D eigenvalue weighted by atomic mass is 14.8. The lowest BCUT2D eigenvalue weighted by Crippen LogP contribution is -1.89. The summed E-state index contributed by atoms with van der Waals surface area (Å²) in [4.78, 5) is 22.1. The molecule has 0 fully saturated rings. The van der Waals surface area contributed by atoms with Crippen LogP contribution >= 0.6 is 0 Å². The summed E-state index contributed by atoms with van der Waals surface area (Å²) in [5.74, 6) is 0. The molecular weight excluding hydrogens is 599 g/mol. The lowest BCUT2D eigenvalue weighted by atomic mass is 10.0. The summed E-state index contributed by atoms with van der Waals surface area (Å²) in [6.45, 7) is 0. The van der Waals surface area contributed by atoms with E-state index in [1.165, 1.54) is 0 Å². The van der Waals surface area contributed by atoms with Crippen LogP contribution in [0.5, 0.6) is 0 Å². The number of benzene rings is 4. The number of hydrogen-bond acceptors (Lipinski definition) is 2. The number of H-pyrrole nitrogens is 3. The Morgan fingerprint density at radius 3 is 1.49 bits per heavy atom. The van der Waals surface area contributed by atoms with Gasteiger partial charge in [0, 0.05) is 55.0 Å². The summed E-state index contributed by atoms with van der Waals surface area (Å²) in [5, 5.41) is 2.17. The Kier molecular flexibility index (Phi) is 6.11. The first kappa shape index (κ1) is 27.4. The van der Waals surface area contributed by atoms with Crippen molar-refractivity contribution in [3.63, 3.8) is 0 Å². The number of para-hydroxylation sites is 1. The molecule has 0 atom stereocenters.